The maximum absolute atomic E-state index is 3.81. The molecular weight excluding hydrogens is 242 g/mol. The van der Waals surface area contributed by atoms with E-state index in [2.05, 4.69) is 64.2 Å². The van der Waals surface area contributed by atoms with Crippen molar-refractivity contribution in [3.8, 4) is 0 Å². The van der Waals surface area contributed by atoms with Crippen molar-refractivity contribution in [3.05, 3.63) is 35.4 Å². The van der Waals surface area contributed by atoms with Gasteiger partial charge in [-0.05, 0) is 55.1 Å². The van der Waals surface area contributed by atoms with Crippen LogP contribution in [-0.2, 0) is 5.41 Å². The molecule has 1 atom stereocenters. The third-order valence-electron chi connectivity index (χ3n) is 4.78. The van der Waals surface area contributed by atoms with Gasteiger partial charge in [0, 0.05) is 12.1 Å². The van der Waals surface area contributed by atoms with E-state index >= 15 is 0 Å². The summed E-state index contributed by atoms with van der Waals surface area (Å²) in [7, 11) is 0. The summed E-state index contributed by atoms with van der Waals surface area (Å²) < 4.78 is 0. The third-order valence-corrected chi connectivity index (χ3v) is 4.78. The van der Waals surface area contributed by atoms with Crippen molar-refractivity contribution in [2.75, 3.05) is 0 Å². The number of hydrogen-bond donors (Lipinski definition) is 1. The van der Waals surface area contributed by atoms with Gasteiger partial charge in [0.2, 0.25) is 0 Å². The molecule has 0 aromatic heterocycles. The Hall–Kier alpha value is -0.820. The molecular formula is C19H31N. The fourth-order valence-corrected chi connectivity index (χ4v) is 3.15. The Morgan fingerprint density at radius 2 is 1.55 bits per heavy atom. The Balaban J connectivity index is 1.94. The van der Waals surface area contributed by atoms with Crippen molar-refractivity contribution in [3.63, 3.8) is 0 Å². The maximum Gasteiger partial charge on any atom is 0.0294 e. The first-order valence-electron chi connectivity index (χ1n) is 8.23. The summed E-state index contributed by atoms with van der Waals surface area (Å²) >= 11 is 0. The average Bonchev–Trinajstić information content (AvgIpc) is 2.40. The normalized spacial score (nSPS) is 25.4. The van der Waals surface area contributed by atoms with Gasteiger partial charge in [0.1, 0.15) is 0 Å². The van der Waals surface area contributed by atoms with E-state index in [4.69, 9.17) is 0 Å². The van der Waals surface area contributed by atoms with Crippen LogP contribution in [0.15, 0.2) is 24.3 Å². The summed E-state index contributed by atoms with van der Waals surface area (Å²) in [6.45, 7) is 11.5. The SMILES string of the molecule is CC1CCC(NC(C)c2ccc(C(C)(C)C)cc2)CC1. The molecule has 1 aliphatic rings. The summed E-state index contributed by atoms with van der Waals surface area (Å²) in [5, 5.41) is 3.81. The van der Waals surface area contributed by atoms with Gasteiger partial charge in [-0.3, -0.25) is 0 Å². The zero-order valence-electron chi connectivity index (χ0n) is 13.9. The van der Waals surface area contributed by atoms with Crippen molar-refractivity contribution in [1.29, 1.82) is 0 Å². The van der Waals surface area contributed by atoms with E-state index in [0.29, 0.717) is 12.1 Å². The molecule has 1 aliphatic carbocycles. The van der Waals surface area contributed by atoms with Gasteiger partial charge >= 0.3 is 0 Å². The van der Waals surface area contributed by atoms with E-state index in [9.17, 15) is 0 Å². The first-order chi connectivity index (χ1) is 9.36. The van der Waals surface area contributed by atoms with Crippen LogP contribution in [0, 0.1) is 5.92 Å². The standard InChI is InChI=1S/C19H31N/c1-14-6-12-18(13-7-14)20-15(2)16-8-10-17(11-9-16)19(3,4)5/h8-11,14-15,18,20H,6-7,12-13H2,1-5H3. The minimum absolute atomic E-state index is 0.245. The Bertz CT molecular complexity index is 404. The molecule has 2 rings (SSSR count). The van der Waals surface area contributed by atoms with Crippen LogP contribution in [0.25, 0.3) is 0 Å². The second kappa shape index (κ2) is 6.30. The summed E-state index contributed by atoms with van der Waals surface area (Å²) in [5.74, 6) is 0.925. The molecule has 1 unspecified atom stereocenters. The molecule has 112 valence electrons. The smallest absolute Gasteiger partial charge is 0.0294 e. The zero-order valence-corrected chi connectivity index (χ0v) is 13.9. The average molecular weight is 273 g/mol. The molecule has 0 aliphatic heterocycles. The minimum atomic E-state index is 0.245. The minimum Gasteiger partial charge on any atom is -0.307 e. The fraction of sp³-hybridized carbons (Fsp3) is 0.684. The Kier molecular flexibility index (Phi) is 4.90. The fourth-order valence-electron chi connectivity index (χ4n) is 3.15. The van der Waals surface area contributed by atoms with Crippen molar-refractivity contribution >= 4 is 0 Å². The predicted molar refractivity (Wildman–Crippen MR) is 88.1 cm³/mol. The van der Waals surface area contributed by atoms with Crippen LogP contribution in [0.1, 0.15) is 77.5 Å². The van der Waals surface area contributed by atoms with Crippen LogP contribution in [0.3, 0.4) is 0 Å². The lowest BCUT2D eigenvalue weighted by Crippen LogP contribution is -2.34. The largest absolute Gasteiger partial charge is 0.307 e. The second-order valence-electron chi connectivity index (χ2n) is 7.72. The quantitative estimate of drug-likeness (QED) is 0.796. The maximum atomic E-state index is 3.81. The Morgan fingerprint density at radius 3 is 2.05 bits per heavy atom. The summed E-state index contributed by atoms with van der Waals surface area (Å²) in [5.41, 5.74) is 3.07. The molecule has 20 heavy (non-hydrogen) atoms. The molecule has 0 spiro atoms. The molecule has 0 radical (unpaired) electrons. The highest BCUT2D eigenvalue weighted by Gasteiger charge is 2.20. The molecule has 0 heterocycles. The van der Waals surface area contributed by atoms with Gasteiger partial charge in [-0.15, -0.1) is 0 Å². The zero-order chi connectivity index (χ0) is 14.8. The summed E-state index contributed by atoms with van der Waals surface area (Å²) in [4.78, 5) is 0. The lowest BCUT2D eigenvalue weighted by Gasteiger charge is -2.30. The number of nitrogens with one attached hydrogen (secondary N) is 1. The molecule has 1 saturated carbocycles. The van der Waals surface area contributed by atoms with Crippen LogP contribution >= 0.6 is 0 Å². The van der Waals surface area contributed by atoms with Gasteiger partial charge in [0.15, 0.2) is 0 Å². The van der Waals surface area contributed by atoms with Crippen molar-refractivity contribution in [2.45, 2.75) is 77.8 Å². The van der Waals surface area contributed by atoms with Crippen molar-refractivity contribution in [1.82, 2.24) is 5.32 Å². The highest BCUT2D eigenvalue weighted by molar-refractivity contribution is 5.29. The third kappa shape index (κ3) is 4.09. The first kappa shape index (κ1) is 15.6. The molecule has 1 heteroatoms. The van der Waals surface area contributed by atoms with Crippen molar-refractivity contribution in [2.24, 2.45) is 5.92 Å². The highest BCUT2D eigenvalue weighted by Crippen LogP contribution is 2.27. The predicted octanol–water partition coefficient (Wildman–Crippen LogP) is 5.21. The lowest BCUT2D eigenvalue weighted by molar-refractivity contribution is 0.291. The molecule has 1 nitrogen and oxygen atoms in total. The van der Waals surface area contributed by atoms with Gasteiger partial charge in [0.25, 0.3) is 0 Å². The van der Waals surface area contributed by atoms with Crippen LogP contribution in [0.2, 0.25) is 0 Å². The van der Waals surface area contributed by atoms with Gasteiger partial charge in [-0.2, -0.15) is 0 Å². The monoisotopic (exact) mass is 273 g/mol. The molecule has 0 bridgehead atoms. The number of rotatable bonds is 3. The number of hydrogen-bond acceptors (Lipinski definition) is 1. The summed E-state index contributed by atoms with van der Waals surface area (Å²) in [6, 6.07) is 10.3. The van der Waals surface area contributed by atoms with Crippen molar-refractivity contribution < 1.29 is 0 Å². The van der Waals surface area contributed by atoms with E-state index in [-0.39, 0.29) is 5.41 Å². The van der Waals surface area contributed by atoms with Gasteiger partial charge in [-0.1, -0.05) is 52.0 Å². The van der Waals surface area contributed by atoms with Gasteiger partial charge in [-0.25, -0.2) is 0 Å². The molecule has 1 N–H and O–H groups in total. The van der Waals surface area contributed by atoms with Crippen LogP contribution < -0.4 is 5.32 Å². The lowest BCUT2D eigenvalue weighted by atomic mass is 9.85. The van der Waals surface area contributed by atoms with E-state index in [1.54, 1.807) is 0 Å². The molecule has 1 aromatic carbocycles. The highest BCUT2D eigenvalue weighted by atomic mass is 14.9. The molecule has 0 saturated heterocycles. The molecule has 0 amide bonds. The Morgan fingerprint density at radius 1 is 1.00 bits per heavy atom. The van der Waals surface area contributed by atoms with Crippen LogP contribution in [-0.4, -0.2) is 6.04 Å². The van der Waals surface area contributed by atoms with E-state index < -0.39 is 0 Å². The molecule has 1 fully saturated rings. The topological polar surface area (TPSA) is 12.0 Å². The van der Waals surface area contributed by atoms with Gasteiger partial charge < -0.3 is 5.32 Å². The van der Waals surface area contributed by atoms with E-state index in [1.807, 2.05) is 0 Å². The second-order valence-corrected chi connectivity index (χ2v) is 7.72. The van der Waals surface area contributed by atoms with Gasteiger partial charge in [0.05, 0.1) is 0 Å². The van der Waals surface area contributed by atoms with E-state index in [1.165, 1.54) is 36.8 Å². The Labute approximate surface area is 125 Å². The number of benzene rings is 1. The first-order valence-corrected chi connectivity index (χ1v) is 8.23. The van der Waals surface area contributed by atoms with Crippen LogP contribution in [0.5, 0.6) is 0 Å². The summed E-state index contributed by atoms with van der Waals surface area (Å²) in [6.07, 6.45) is 5.44. The van der Waals surface area contributed by atoms with Crippen LogP contribution in [0.4, 0.5) is 0 Å². The van der Waals surface area contributed by atoms with E-state index in [0.717, 1.165) is 5.92 Å². The molecule has 1 aromatic rings.